The molecule has 0 saturated heterocycles. The third-order valence-electron chi connectivity index (χ3n) is 3.22. The van der Waals surface area contributed by atoms with Crippen molar-refractivity contribution in [3.63, 3.8) is 0 Å². The van der Waals surface area contributed by atoms with Crippen LogP contribution in [0.3, 0.4) is 0 Å². The van der Waals surface area contributed by atoms with Crippen LogP contribution in [-0.4, -0.2) is 31.6 Å². The summed E-state index contributed by atoms with van der Waals surface area (Å²) >= 11 is 0. The molecule has 6 nitrogen and oxygen atoms in total. The summed E-state index contributed by atoms with van der Waals surface area (Å²) in [6.07, 6.45) is 6.02. The molecule has 0 spiro atoms. The standard InChI is InChI=1S/C13H22N6/c1-4-12(5-2)19-7-6-11(16-19)9-18-10-15-13(17-18)8-14-3/h6-7,10,12,14H,4-5,8-9H2,1-3H3. The highest BCUT2D eigenvalue weighted by atomic mass is 15.4. The van der Waals surface area contributed by atoms with Crippen molar-refractivity contribution in [2.75, 3.05) is 7.05 Å². The van der Waals surface area contributed by atoms with Crippen molar-refractivity contribution in [1.82, 2.24) is 29.9 Å². The number of hydrogen-bond acceptors (Lipinski definition) is 4. The van der Waals surface area contributed by atoms with Crippen LogP contribution in [0.25, 0.3) is 0 Å². The van der Waals surface area contributed by atoms with Crippen molar-refractivity contribution in [3.8, 4) is 0 Å². The number of nitrogens with one attached hydrogen (secondary N) is 1. The smallest absolute Gasteiger partial charge is 0.164 e. The second-order valence-electron chi connectivity index (χ2n) is 4.65. The molecule has 19 heavy (non-hydrogen) atoms. The highest BCUT2D eigenvalue weighted by molar-refractivity contribution is 5.00. The second-order valence-corrected chi connectivity index (χ2v) is 4.65. The van der Waals surface area contributed by atoms with E-state index in [1.807, 2.05) is 11.7 Å². The molecule has 0 bridgehead atoms. The molecule has 6 heteroatoms. The Hall–Kier alpha value is -1.69. The summed E-state index contributed by atoms with van der Waals surface area (Å²) in [7, 11) is 1.89. The normalized spacial score (nSPS) is 11.4. The van der Waals surface area contributed by atoms with E-state index in [4.69, 9.17) is 0 Å². The van der Waals surface area contributed by atoms with E-state index in [1.165, 1.54) is 0 Å². The molecule has 104 valence electrons. The Morgan fingerprint density at radius 3 is 2.74 bits per heavy atom. The van der Waals surface area contributed by atoms with Crippen molar-refractivity contribution in [3.05, 3.63) is 30.1 Å². The van der Waals surface area contributed by atoms with Gasteiger partial charge in [0.2, 0.25) is 0 Å². The van der Waals surface area contributed by atoms with Crippen molar-refractivity contribution >= 4 is 0 Å². The molecule has 0 atom stereocenters. The van der Waals surface area contributed by atoms with Crippen LogP contribution >= 0.6 is 0 Å². The molecular weight excluding hydrogens is 240 g/mol. The highest BCUT2D eigenvalue weighted by Gasteiger charge is 2.08. The first kappa shape index (κ1) is 13.7. The predicted octanol–water partition coefficient (Wildman–Crippen LogP) is 1.60. The molecule has 0 aliphatic rings. The number of nitrogens with zero attached hydrogens (tertiary/aromatic N) is 5. The van der Waals surface area contributed by atoms with Gasteiger partial charge in [-0.25, -0.2) is 9.67 Å². The number of hydrogen-bond donors (Lipinski definition) is 1. The van der Waals surface area contributed by atoms with Gasteiger partial charge in [0.05, 0.1) is 24.8 Å². The Morgan fingerprint density at radius 1 is 1.26 bits per heavy atom. The summed E-state index contributed by atoms with van der Waals surface area (Å²) in [5.74, 6) is 0.807. The molecule has 0 fully saturated rings. The van der Waals surface area contributed by atoms with Gasteiger partial charge in [0.15, 0.2) is 5.82 Å². The Kier molecular flexibility index (Phi) is 4.68. The fourth-order valence-corrected chi connectivity index (χ4v) is 2.14. The van der Waals surface area contributed by atoms with Gasteiger partial charge in [0, 0.05) is 6.20 Å². The molecule has 0 unspecified atom stereocenters. The zero-order valence-corrected chi connectivity index (χ0v) is 11.9. The van der Waals surface area contributed by atoms with Crippen LogP contribution in [0, 0.1) is 0 Å². The van der Waals surface area contributed by atoms with Gasteiger partial charge in [-0.15, -0.1) is 0 Å². The van der Waals surface area contributed by atoms with Crippen LogP contribution in [-0.2, 0) is 13.1 Å². The first-order valence-electron chi connectivity index (χ1n) is 6.83. The average molecular weight is 262 g/mol. The lowest BCUT2D eigenvalue weighted by Gasteiger charge is -2.12. The molecule has 0 amide bonds. The zero-order valence-electron chi connectivity index (χ0n) is 11.9. The topological polar surface area (TPSA) is 60.6 Å². The summed E-state index contributed by atoms with van der Waals surface area (Å²) in [6.45, 7) is 5.74. The average Bonchev–Trinajstić information content (AvgIpc) is 3.02. The minimum atomic E-state index is 0.490. The minimum absolute atomic E-state index is 0.490. The first-order chi connectivity index (χ1) is 9.26. The van der Waals surface area contributed by atoms with E-state index in [0.29, 0.717) is 19.1 Å². The van der Waals surface area contributed by atoms with Gasteiger partial charge in [-0.1, -0.05) is 13.8 Å². The molecule has 2 heterocycles. The highest BCUT2D eigenvalue weighted by Crippen LogP contribution is 2.14. The van der Waals surface area contributed by atoms with Crippen molar-refractivity contribution in [2.45, 2.75) is 45.8 Å². The quantitative estimate of drug-likeness (QED) is 0.823. The SMILES string of the molecule is CCC(CC)n1ccc(Cn2cnc(CNC)n2)n1. The minimum Gasteiger partial charge on any atom is -0.313 e. The third-order valence-corrected chi connectivity index (χ3v) is 3.22. The summed E-state index contributed by atoms with van der Waals surface area (Å²) in [4.78, 5) is 4.23. The van der Waals surface area contributed by atoms with Crippen LogP contribution in [0.2, 0.25) is 0 Å². The van der Waals surface area contributed by atoms with Crippen LogP contribution < -0.4 is 5.32 Å². The van der Waals surface area contributed by atoms with E-state index in [1.54, 1.807) is 6.33 Å². The lowest BCUT2D eigenvalue weighted by atomic mass is 10.2. The number of aromatic nitrogens is 5. The molecule has 0 radical (unpaired) electrons. The van der Waals surface area contributed by atoms with Crippen LogP contribution in [0.1, 0.15) is 44.2 Å². The van der Waals surface area contributed by atoms with Crippen molar-refractivity contribution < 1.29 is 0 Å². The lowest BCUT2D eigenvalue weighted by molar-refractivity contribution is 0.424. The maximum atomic E-state index is 4.62. The van der Waals surface area contributed by atoms with Crippen molar-refractivity contribution in [1.29, 1.82) is 0 Å². The molecule has 0 aliphatic heterocycles. The summed E-state index contributed by atoms with van der Waals surface area (Å²) in [5.41, 5.74) is 1.02. The molecule has 2 aromatic rings. The van der Waals surface area contributed by atoms with E-state index in [-0.39, 0.29) is 0 Å². The van der Waals surface area contributed by atoms with Crippen molar-refractivity contribution in [2.24, 2.45) is 0 Å². The van der Waals surface area contributed by atoms with Gasteiger partial charge >= 0.3 is 0 Å². The second kappa shape index (κ2) is 6.47. The Labute approximate surface area is 113 Å². The lowest BCUT2D eigenvalue weighted by Crippen LogP contribution is -2.10. The molecular formula is C13H22N6. The Balaban J connectivity index is 2.02. The van der Waals surface area contributed by atoms with Gasteiger partial charge in [-0.05, 0) is 26.0 Å². The van der Waals surface area contributed by atoms with Gasteiger partial charge in [0.25, 0.3) is 0 Å². The van der Waals surface area contributed by atoms with E-state index < -0.39 is 0 Å². The van der Waals surface area contributed by atoms with Gasteiger partial charge < -0.3 is 5.32 Å². The molecule has 0 aromatic carbocycles. The van der Waals surface area contributed by atoms with E-state index in [2.05, 4.69) is 51.3 Å². The molecule has 2 aromatic heterocycles. The molecule has 0 saturated carbocycles. The number of rotatable bonds is 7. The van der Waals surface area contributed by atoms with Crippen LogP contribution in [0.5, 0.6) is 0 Å². The summed E-state index contributed by atoms with van der Waals surface area (Å²) < 4.78 is 3.88. The zero-order chi connectivity index (χ0) is 13.7. The fourth-order valence-electron chi connectivity index (χ4n) is 2.14. The van der Waals surface area contributed by atoms with E-state index in [0.717, 1.165) is 24.4 Å². The molecule has 2 rings (SSSR count). The van der Waals surface area contributed by atoms with Crippen LogP contribution in [0.15, 0.2) is 18.6 Å². The Morgan fingerprint density at radius 2 is 2.05 bits per heavy atom. The molecule has 1 N–H and O–H groups in total. The summed E-state index contributed by atoms with van der Waals surface area (Å²) in [6, 6.07) is 2.54. The fraction of sp³-hybridized carbons (Fsp3) is 0.615. The molecule has 0 aliphatic carbocycles. The van der Waals surface area contributed by atoms with Gasteiger partial charge in [-0.3, -0.25) is 4.68 Å². The largest absolute Gasteiger partial charge is 0.313 e. The maximum absolute atomic E-state index is 4.62. The van der Waals surface area contributed by atoms with E-state index >= 15 is 0 Å². The Bertz CT molecular complexity index is 497. The summed E-state index contributed by atoms with van der Waals surface area (Å²) in [5, 5.41) is 12.0. The monoisotopic (exact) mass is 262 g/mol. The van der Waals surface area contributed by atoms with Gasteiger partial charge in [0.1, 0.15) is 6.33 Å². The van der Waals surface area contributed by atoms with Gasteiger partial charge in [-0.2, -0.15) is 10.2 Å². The maximum Gasteiger partial charge on any atom is 0.164 e. The third kappa shape index (κ3) is 3.41. The first-order valence-corrected chi connectivity index (χ1v) is 6.83. The van der Waals surface area contributed by atoms with Crippen LogP contribution in [0.4, 0.5) is 0 Å². The predicted molar refractivity (Wildman–Crippen MR) is 73.7 cm³/mol. The van der Waals surface area contributed by atoms with E-state index in [9.17, 15) is 0 Å².